The van der Waals surface area contributed by atoms with Crippen LogP contribution in [0.15, 0.2) is 48.8 Å². The number of likely N-dealkylation sites (tertiary alicyclic amines) is 1. The molecular formula is C29H23ClF4N6O3. The lowest BCUT2D eigenvalue weighted by atomic mass is 10.0. The van der Waals surface area contributed by atoms with Crippen molar-refractivity contribution in [1.29, 1.82) is 0 Å². The molecule has 5 aromatic rings. The first-order valence-corrected chi connectivity index (χ1v) is 13.6. The number of aryl methyl sites for hydroxylation is 1. The zero-order valence-corrected chi connectivity index (χ0v) is 23.3. The maximum Gasteiger partial charge on any atom is 0.433 e. The second-order valence-corrected chi connectivity index (χ2v) is 10.5. The molecule has 0 spiro atoms. The average Bonchev–Trinajstić information content (AvgIpc) is 3.32. The van der Waals surface area contributed by atoms with E-state index in [0.29, 0.717) is 47.9 Å². The zero-order valence-electron chi connectivity index (χ0n) is 22.6. The van der Waals surface area contributed by atoms with Gasteiger partial charge in [0.2, 0.25) is 5.91 Å². The van der Waals surface area contributed by atoms with Crippen molar-refractivity contribution in [3.8, 4) is 22.9 Å². The van der Waals surface area contributed by atoms with E-state index in [-0.39, 0.29) is 28.3 Å². The molecule has 4 heterocycles. The Labute approximate surface area is 246 Å². The van der Waals surface area contributed by atoms with Crippen LogP contribution in [0.25, 0.3) is 33.1 Å². The number of aliphatic hydroxyl groups excluding tert-OH is 1. The second kappa shape index (κ2) is 11.0. The Hall–Kier alpha value is -4.36. The van der Waals surface area contributed by atoms with Gasteiger partial charge in [-0.2, -0.15) is 18.2 Å². The third kappa shape index (κ3) is 5.45. The Kier molecular flexibility index (Phi) is 7.38. The van der Waals surface area contributed by atoms with Gasteiger partial charge in [0, 0.05) is 54.0 Å². The summed E-state index contributed by atoms with van der Waals surface area (Å²) < 4.78 is 62.0. The second-order valence-electron chi connectivity index (χ2n) is 10.1. The van der Waals surface area contributed by atoms with Crippen LogP contribution in [0.2, 0.25) is 5.02 Å². The summed E-state index contributed by atoms with van der Waals surface area (Å²) >= 11 is 6.53. The smallest absolute Gasteiger partial charge is 0.424 e. The van der Waals surface area contributed by atoms with E-state index in [9.17, 15) is 23.1 Å². The molecule has 0 bridgehead atoms. The predicted octanol–water partition coefficient (Wildman–Crippen LogP) is 6.11. The van der Waals surface area contributed by atoms with E-state index in [4.69, 9.17) is 16.3 Å². The Bertz CT molecular complexity index is 1870. The highest BCUT2D eigenvalue weighted by atomic mass is 35.5. The molecule has 1 N–H and O–H groups in total. The van der Waals surface area contributed by atoms with E-state index in [1.807, 2.05) is 6.92 Å². The number of pyridine rings is 1. The number of amides is 1. The molecule has 9 nitrogen and oxygen atoms in total. The molecule has 222 valence electrons. The molecule has 1 aliphatic rings. The summed E-state index contributed by atoms with van der Waals surface area (Å²) in [5, 5.41) is 9.96. The van der Waals surface area contributed by atoms with E-state index in [0.717, 1.165) is 23.6 Å². The van der Waals surface area contributed by atoms with Crippen molar-refractivity contribution in [3.05, 3.63) is 71.2 Å². The molecule has 1 amide bonds. The molecule has 2 aromatic carbocycles. The summed E-state index contributed by atoms with van der Waals surface area (Å²) in [6, 6.07) is 7.48. The summed E-state index contributed by atoms with van der Waals surface area (Å²) in [6.07, 6.45) is -0.831. The van der Waals surface area contributed by atoms with Gasteiger partial charge in [0.15, 0.2) is 5.69 Å². The third-order valence-electron chi connectivity index (χ3n) is 7.46. The summed E-state index contributed by atoms with van der Waals surface area (Å²) in [5.74, 6) is -0.0673. The molecule has 1 aliphatic heterocycles. The van der Waals surface area contributed by atoms with Gasteiger partial charge < -0.3 is 19.3 Å². The van der Waals surface area contributed by atoms with E-state index in [1.165, 1.54) is 24.3 Å². The maximum atomic E-state index is 15.5. The highest BCUT2D eigenvalue weighted by Gasteiger charge is 2.33. The number of benzene rings is 2. The molecule has 0 atom stereocenters. The first kappa shape index (κ1) is 28.7. The number of imidazole rings is 1. The standard InChI is InChI=1S/C29H23ClF4N6O3/c1-15-37-24-13-36-23-12-22(31)19(11-20(23)27(24)40(15)16-5-8-39(9-6-16)26(42)14-41)18-3-2-17(10-21(18)30)43-28-35-7-4-25(38-28)29(32,33)34/h2-4,7,10-13,16,41H,5-6,8-9,14H2,1H3. The Morgan fingerprint density at radius 2 is 1.84 bits per heavy atom. The number of hydrogen-bond donors (Lipinski definition) is 1. The summed E-state index contributed by atoms with van der Waals surface area (Å²) in [7, 11) is 0. The van der Waals surface area contributed by atoms with E-state index < -0.39 is 30.3 Å². The molecule has 43 heavy (non-hydrogen) atoms. The molecule has 0 radical (unpaired) electrons. The molecule has 1 fully saturated rings. The van der Waals surface area contributed by atoms with Crippen molar-refractivity contribution < 1.29 is 32.2 Å². The van der Waals surface area contributed by atoms with Crippen LogP contribution in [0.5, 0.6) is 11.8 Å². The van der Waals surface area contributed by atoms with Crippen LogP contribution in [0, 0.1) is 12.7 Å². The van der Waals surface area contributed by atoms with E-state index >= 15 is 4.39 Å². The highest BCUT2D eigenvalue weighted by molar-refractivity contribution is 6.33. The Balaban J connectivity index is 1.37. The van der Waals surface area contributed by atoms with Crippen LogP contribution in [0.3, 0.4) is 0 Å². The number of hydrogen-bond acceptors (Lipinski definition) is 7. The molecule has 1 saturated heterocycles. The van der Waals surface area contributed by atoms with Crippen LogP contribution in [0.4, 0.5) is 17.6 Å². The van der Waals surface area contributed by atoms with Crippen LogP contribution in [-0.2, 0) is 11.0 Å². The molecule has 0 unspecified atom stereocenters. The fourth-order valence-corrected chi connectivity index (χ4v) is 5.74. The van der Waals surface area contributed by atoms with Gasteiger partial charge in [-0.05, 0) is 44.0 Å². The first-order chi connectivity index (χ1) is 20.5. The molecule has 0 aliphatic carbocycles. The molecule has 14 heteroatoms. The lowest BCUT2D eigenvalue weighted by molar-refractivity contribution is -0.141. The van der Waals surface area contributed by atoms with Crippen molar-refractivity contribution >= 4 is 39.4 Å². The van der Waals surface area contributed by atoms with Crippen LogP contribution in [0.1, 0.15) is 30.4 Å². The summed E-state index contributed by atoms with van der Waals surface area (Å²) in [6.45, 7) is 2.32. The largest absolute Gasteiger partial charge is 0.433 e. The number of aliphatic hydroxyl groups is 1. The lowest BCUT2D eigenvalue weighted by Gasteiger charge is -2.33. The average molecular weight is 615 g/mol. The minimum atomic E-state index is -4.67. The highest BCUT2D eigenvalue weighted by Crippen LogP contribution is 2.39. The fraction of sp³-hybridized carbons (Fsp3) is 0.276. The van der Waals surface area contributed by atoms with Crippen LogP contribution < -0.4 is 4.74 Å². The lowest BCUT2D eigenvalue weighted by Crippen LogP contribution is -2.40. The summed E-state index contributed by atoms with van der Waals surface area (Å²) in [5.41, 5.74) is 1.18. The number of piperidine rings is 1. The van der Waals surface area contributed by atoms with Gasteiger partial charge in [0.1, 0.15) is 29.5 Å². The van der Waals surface area contributed by atoms with Gasteiger partial charge in [0.25, 0.3) is 0 Å². The van der Waals surface area contributed by atoms with Crippen LogP contribution in [-0.4, -0.2) is 60.1 Å². The maximum absolute atomic E-state index is 15.5. The number of carbonyl (C=O) groups is 1. The van der Waals surface area contributed by atoms with E-state index in [1.54, 1.807) is 17.2 Å². The molecule has 0 saturated carbocycles. The number of halogens is 5. The van der Waals surface area contributed by atoms with Gasteiger partial charge in [-0.25, -0.2) is 14.4 Å². The summed E-state index contributed by atoms with van der Waals surface area (Å²) in [4.78, 5) is 29.8. The van der Waals surface area contributed by atoms with Crippen molar-refractivity contribution in [2.45, 2.75) is 32.0 Å². The van der Waals surface area contributed by atoms with Crippen molar-refractivity contribution in [3.63, 3.8) is 0 Å². The number of aromatic nitrogens is 5. The topological polar surface area (TPSA) is 106 Å². The molecular weight excluding hydrogens is 592 g/mol. The first-order valence-electron chi connectivity index (χ1n) is 13.3. The van der Waals surface area contributed by atoms with Gasteiger partial charge in [-0.1, -0.05) is 11.6 Å². The van der Waals surface area contributed by atoms with Crippen LogP contribution >= 0.6 is 11.6 Å². The van der Waals surface area contributed by atoms with Gasteiger partial charge >= 0.3 is 12.2 Å². The van der Waals surface area contributed by atoms with Gasteiger partial charge in [-0.15, -0.1) is 0 Å². The van der Waals surface area contributed by atoms with E-state index in [2.05, 4.69) is 24.5 Å². The number of carbonyl (C=O) groups excluding carboxylic acids is 1. The number of rotatable bonds is 5. The number of ether oxygens (including phenoxy) is 1. The molecule has 3 aromatic heterocycles. The number of alkyl halides is 3. The quantitative estimate of drug-likeness (QED) is 0.238. The van der Waals surface area contributed by atoms with Crippen molar-refractivity contribution in [2.75, 3.05) is 19.7 Å². The normalized spacial score (nSPS) is 14.5. The minimum absolute atomic E-state index is 0.0185. The van der Waals surface area contributed by atoms with Gasteiger partial charge in [-0.3, -0.25) is 9.78 Å². The monoisotopic (exact) mass is 614 g/mol. The number of nitrogens with zero attached hydrogens (tertiary/aromatic N) is 6. The van der Waals surface area contributed by atoms with Crippen molar-refractivity contribution in [2.24, 2.45) is 0 Å². The van der Waals surface area contributed by atoms with Crippen molar-refractivity contribution in [1.82, 2.24) is 29.4 Å². The minimum Gasteiger partial charge on any atom is -0.424 e. The third-order valence-corrected chi connectivity index (χ3v) is 7.77. The number of fused-ring (bicyclic) bond motifs is 3. The predicted molar refractivity (Wildman–Crippen MR) is 149 cm³/mol. The van der Waals surface area contributed by atoms with Gasteiger partial charge in [0.05, 0.1) is 22.3 Å². The Morgan fingerprint density at radius 1 is 1.07 bits per heavy atom. The molecule has 6 rings (SSSR count). The fourth-order valence-electron chi connectivity index (χ4n) is 5.47. The SMILES string of the molecule is Cc1nc2cnc3cc(F)c(-c4ccc(Oc5nccc(C(F)(F)F)n5)cc4Cl)cc3c2n1C1CCN(C(=O)CO)CC1. The zero-order chi connectivity index (χ0) is 30.5. The Morgan fingerprint density at radius 3 is 2.53 bits per heavy atom.